The van der Waals surface area contributed by atoms with Crippen molar-refractivity contribution in [3.63, 3.8) is 0 Å². The van der Waals surface area contributed by atoms with Crippen molar-refractivity contribution in [1.29, 1.82) is 0 Å². The number of fused-ring (bicyclic) bond motifs is 3. The second kappa shape index (κ2) is 8.03. The lowest BCUT2D eigenvalue weighted by Crippen LogP contribution is -2.12. The van der Waals surface area contributed by atoms with E-state index in [2.05, 4.69) is 10.3 Å². The lowest BCUT2D eigenvalue weighted by molar-refractivity contribution is -0.384. The number of hydrogen-bond acceptors (Lipinski definition) is 8. The molecule has 2 aromatic heterocycles. The molecule has 9 nitrogen and oxygen atoms in total. The first kappa shape index (κ1) is 21.2. The second-order valence-corrected chi connectivity index (χ2v) is 10.2. The van der Waals surface area contributed by atoms with Crippen molar-refractivity contribution in [2.75, 3.05) is 5.32 Å². The molecule has 1 aliphatic carbocycles. The zero-order valence-corrected chi connectivity index (χ0v) is 18.7. The van der Waals surface area contributed by atoms with E-state index in [-0.39, 0.29) is 10.6 Å². The average molecular weight is 480 g/mol. The van der Waals surface area contributed by atoms with Crippen LogP contribution in [0.25, 0.3) is 21.7 Å². The normalized spacial score (nSPS) is 12.6. The van der Waals surface area contributed by atoms with Gasteiger partial charge in [0.25, 0.3) is 5.69 Å². The van der Waals surface area contributed by atoms with Crippen LogP contribution in [0.2, 0.25) is 0 Å². The van der Waals surface area contributed by atoms with E-state index in [0.29, 0.717) is 11.6 Å². The van der Waals surface area contributed by atoms with Gasteiger partial charge in [-0.1, -0.05) is 18.2 Å². The Bertz CT molecular complexity index is 1510. The second-order valence-electron chi connectivity index (χ2n) is 7.52. The predicted molar refractivity (Wildman–Crippen MR) is 126 cm³/mol. The Hall–Kier alpha value is -3.67. The minimum atomic E-state index is -3.83. The van der Waals surface area contributed by atoms with Crippen molar-refractivity contribution in [3.05, 3.63) is 81.3 Å². The van der Waals surface area contributed by atoms with Crippen molar-refractivity contribution >= 4 is 38.7 Å². The Labute approximate surface area is 193 Å². The van der Waals surface area contributed by atoms with E-state index in [9.17, 15) is 18.5 Å². The van der Waals surface area contributed by atoms with E-state index in [1.165, 1.54) is 18.2 Å². The van der Waals surface area contributed by atoms with Crippen LogP contribution in [-0.2, 0) is 22.9 Å². The van der Waals surface area contributed by atoms with Gasteiger partial charge in [0, 0.05) is 39.3 Å². The summed E-state index contributed by atoms with van der Waals surface area (Å²) >= 11 is 1.60. The summed E-state index contributed by atoms with van der Waals surface area (Å²) in [6.45, 7) is 0. The van der Waals surface area contributed by atoms with Crippen molar-refractivity contribution in [2.45, 2.75) is 17.7 Å². The third kappa shape index (κ3) is 4.21. The Balaban J connectivity index is 1.50. The molecule has 0 unspecified atom stereocenters. The number of nitrogens with two attached hydrogens (primary N) is 1. The molecule has 0 saturated heterocycles. The van der Waals surface area contributed by atoms with Gasteiger partial charge in [-0.25, -0.2) is 23.5 Å². The highest BCUT2D eigenvalue weighted by molar-refractivity contribution is 7.89. The number of nitro benzene ring substituents is 1. The van der Waals surface area contributed by atoms with Crippen LogP contribution in [0.1, 0.15) is 10.4 Å². The zero-order valence-electron chi connectivity index (χ0n) is 17.1. The highest BCUT2D eigenvalue weighted by atomic mass is 32.2. The fourth-order valence-electron chi connectivity index (χ4n) is 3.74. The van der Waals surface area contributed by atoms with Crippen LogP contribution in [0.15, 0.2) is 65.7 Å². The fourth-order valence-corrected chi connectivity index (χ4v) is 5.46. The molecule has 2 heterocycles. The molecule has 11 heteroatoms. The molecule has 4 aromatic rings. The molecule has 0 radical (unpaired) electrons. The Kier molecular flexibility index (Phi) is 5.16. The number of hydrogen-bond donors (Lipinski definition) is 2. The van der Waals surface area contributed by atoms with Crippen LogP contribution in [0.4, 0.5) is 17.3 Å². The molecular weight excluding hydrogens is 462 g/mol. The minimum absolute atomic E-state index is 0.00724. The van der Waals surface area contributed by atoms with E-state index in [1.54, 1.807) is 41.8 Å². The van der Waals surface area contributed by atoms with Crippen LogP contribution in [-0.4, -0.2) is 23.3 Å². The maximum Gasteiger partial charge on any atom is 0.270 e. The van der Waals surface area contributed by atoms with Crippen molar-refractivity contribution in [1.82, 2.24) is 9.97 Å². The topological polar surface area (TPSA) is 141 Å². The number of aromatic nitrogens is 2. The monoisotopic (exact) mass is 479 g/mol. The van der Waals surface area contributed by atoms with Gasteiger partial charge < -0.3 is 5.32 Å². The third-order valence-electron chi connectivity index (χ3n) is 5.31. The number of non-ortho nitro benzene ring substituents is 1. The van der Waals surface area contributed by atoms with Gasteiger partial charge in [0.2, 0.25) is 16.0 Å². The highest BCUT2D eigenvalue weighted by Gasteiger charge is 2.23. The number of sulfonamides is 1. The number of nitrogens with zero attached hydrogens (tertiary/aromatic N) is 3. The SMILES string of the molecule is NS(=O)(=O)c1cccc(Nc2ncc3c(n2)-c2cc(-c4cccc([N+](=O)[O-])c4)sc2CC3)c1. The quantitative estimate of drug-likeness (QED) is 0.322. The standard InChI is InChI=1S/C22H17N5O4S2/c23-33(30,31)17-6-2-4-15(10-17)25-22-24-12-14-7-8-19-18(21(14)26-22)11-20(32-19)13-3-1-5-16(9-13)27(28)29/h1-6,9-12H,7-8H2,(H2,23,30,31)(H,24,25,26). The number of benzene rings is 2. The van der Waals surface area contributed by atoms with Crippen LogP contribution in [0.5, 0.6) is 0 Å². The molecule has 33 heavy (non-hydrogen) atoms. The summed E-state index contributed by atoms with van der Waals surface area (Å²) in [6.07, 6.45) is 3.40. The van der Waals surface area contributed by atoms with E-state index in [4.69, 9.17) is 10.1 Å². The summed E-state index contributed by atoms with van der Waals surface area (Å²) in [4.78, 5) is 21.9. The van der Waals surface area contributed by atoms with Crippen molar-refractivity contribution < 1.29 is 13.3 Å². The van der Waals surface area contributed by atoms with Gasteiger partial charge in [-0.05, 0) is 48.2 Å². The smallest absolute Gasteiger partial charge is 0.270 e. The van der Waals surface area contributed by atoms with Crippen molar-refractivity contribution in [2.24, 2.45) is 5.14 Å². The maximum atomic E-state index is 11.6. The first-order chi connectivity index (χ1) is 15.8. The van der Waals surface area contributed by atoms with Crippen molar-refractivity contribution in [3.8, 4) is 21.7 Å². The first-order valence-electron chi connectivity index (χ1n) is 9.92. The lowest BCUT2D eigenvalue weighted by atomic mass is 9.96. The highest BCUT2D eigenvalue weighted by Crippen LogP contribution is 2.42. The van der Waals surface area contributed by atoms with Crippen LogP contribution in [0, 0.1) is 10.1 Å². The molecule has 166 valence electrons. The summed E-state index contributed by atoms with van der Waals surface area (Å²) in [5.41, 5.74) is 4.12. The molecular formula is C22H17N5O4S2. The van der Waals surface area contributed by atoms with Crippen LogP contribution >= 0.6 is 11.3 Å². The number of nitrogens with one attached hydrogen (secondary N) is 1. The van der Waals surface area contributed by atoms with E-state index in [0.717, 1.165) is 45.0 Å². The largest absolute Gasteiger partial charge is 0.324 e. The molecule has 5 rings (SSSR count). The third-order valence-corrected chi connectivity index (χ3v) is 7.47. The predicted octanol–water partition coefficient (Wildman–Crippen LogP) is 4.27. The summed E-state index contributed by atoms with van der Waals surface area (Å²) in [5, 5.41) is 19.4. The first-order valence-corrected chi connectivity index (χ1v) is 12.3. The van der Waals surface area contributed by atoms with E-state index in [1.807, 2.05) is 12.1 Å². The molecule has 0 spiro atoms. The summed E-state index contributed by atoms with van der Waals surface area (Å²) in [5.74, 6) is 0.330. The number of primary sulfonamides is 1. The van der Waals surface area contributed by atoms with E-state index >= 15 is 0 Å². The summed E-state index contributed by atoms with van der Waals surface area (Å²) < 4.78 is 23.3. The number of thiophene rings is 1. The van der Waals surface area contributed by atoms with Gasteiger partial charge in [-0.2, -0.15) is 0 Å². The van der Waals surface area contributed by atoms with Gasteiger partial charge in [0.05, 0.1) is 15.5 Å². The van der Waals surface area contributed by atoms with Crippen LogP contribution in [0.3, 0.4) is 0 Å². The van der Waals surface area contributed by atoms with Gasteiger partial charge in [0.15, 0.2) is 0 Å². The summed E-state index contributed by atoms with van der Waals surface area (Å²) in [7, 11) is -3.83. The Morgan fingerprint density at radius 2 is 1.91 bits per heavy atom. The molecule has 3 N–H and O–H groups in total. The number of anilines is 2. The molecule has 0 fully saturated rings. The number of rotatable bonds is 5. The lowest BCUT2D eigenvalue weighted by Gasteiger charge is -2.16. The van der Waals surface area contributed by atoms with Gasteiger partial charge >= 0.3 is 0 Å². The molecule has 2 aromatic carbocycles. The molecule has 0 saturated carbocycles. The molecule has 0 aliphatic heterocycles. The maximum absolute atomic E-state index is 11.6. The number of nitro groups is 1. The zero-order chi connectivity index (χ0) is 23.2. The molecule has 0 bridgehead atoms. The molecule has 0 amide bonds. The number of aryl methyl sites for hydroxylation is 2. The molecule has 0 atom stereocenters. The fraction of sp³-hybridized carbons (Fsp3) is 0.0909. The van der Waals surface area contributed by atoms with Crippen LogP contribution < -0.4 is 10.5 Å². The minimum Gasteiger partial charge on any atom is -0.324 e. The van der Waals surface area contributed by atoms with Gasteiger partial charge in [-0.3, -0.25) is 10.1 Å². The Morgan fingerprint density at radius 3 is 2.70 bits per heavy atom. The van der Waals surface area contributed by atoms with Gasteiger partial charge in [0.1, 0.15) is 0 Å². The summed E-state index contributed by atoms with van der Waals surface area (Å²) in [6, 6.07) is 14.7. The van der Waals surface area contributed by atoms with Gasteiger partial charge in [-0.15, -0.1) is 11.3 Å². The Morgan fingerprint density at radius 1 is 1.09 bits per heavy atom. The van der Waals surface area contributed by atoms with E-state index < -0.39 is 14.9 Å². The average Bonchev–Trinajstić information content (AvgIpc) is 3.24. The molecule has 1 aliphatic rings.